The molecule has 4 aliphatic rings. The molecule has 1 radical (unpaired) electrons. The first kappa shape index (κ1) is 39.5. The Hall–Kier alpha value is -0.552. The van der Waals surface area contributed by atoms with Crippen molar-refractivity contribution in [2.24, 2.45) is 0 Å². The van der Waals surface area contributed by atoms with Gasteiger partial charge in [0.05, 0.1) is 0 Å². The fourth-order valence-corrected chi connectivity index (χ4v) is 13.2. The molecule has 2 aliphatic heterocycles. The van der Waals surface area contributed by atoms with Crippen LogP contribution in [0.5, 0.6) is 0 Å². The second kappa shape index (κ2) is 22.0. The van der Waals surface area contributed by atoms with Gasteiger partial charge in [-0.3, -0.25) is 0 Å². The van der Waals surface area contributed by atoms with E-state index in [-0.39, 0.29) is 35.3 Å². The average molecular weight is 712 g/mol. The van der Waals surface area contributed by atoms with Gasteiger partial charge in [0.2, 0.25) is 0 Å². The predicted molar refractivity (Wildman–Crippen MR) is 180 cm³/mol. The van der Waals surface area contributed by atoms with Crippen molar-refractivity contribution >= 4 is 33.7 Å². The largest absolute Gasteiger partial charge is 0.673 e. The maximum absolute atomic E-state index is 9.75. The summed E-state index contributed by atoms with van der Waals surface area (Å²) in [4.78, 5) is 0. The smallest absolute Gasteiger partial charge is 0.418 e. The summed E-state index contributed by atoms with van der Waals surface area (Å²) in [7, 11) is -5.84. The normalized spacial score (nSPS) is 29.1. The summed E-state index contributed by atoms with van der Waals surface area (Å²) >= 11 is 0. The molecule has 2 fully saturated rings. The topological polar surface area (TPSA) is 0 Å². The predicted octanol–water partition coefficient (Wildman–Crippen LogP) is 11.7. The van der Waals surface area contributed by atoms with E-state index in [1.165, 1.54) is 77.0 Å². The zero-order chi connectivity index (χ0) is 30.1. The van der Waals surface area contributed by atoms with Crippen LogP contribution in [0.25, 0.3) is 0 Å². The molecule has 1 aromatic rings. The number of hydrogen-bond donors (Lipinski definition) is 0. The quantitative estimate of drug-likeness (QED) is 0.124. The Morgan fingerprint density at radius 2 is 0.667 bits per heavy atom. The molecule has 0 aromatic heterocycles. The van der Waals surface area contributed by atoms with Crippen LogP contribution in [0.3, 0.4) is 0 Å². The third kappa shape index (κ3) is 16.0. The van der Waals surface area contributed by atoms with E-state index in [9.17, 15) is 17.3 Å². The fraction of sp³-hybridized carbons (Fsp3) is 0.588. The van der Waals surface area contributed by atoms with Crippen molar-refractivity contribution in [2.45, 2.75) is 127 Å². The molecule has 0 bridgehead atoms. The van der Waals surface area contributed by atoms with Crippen molar-refractivity contribution < 1.29 is 36.7 Å². The van der Waals surface area contributed by atoms with E-state index in [0.717, 1.165) is 22.6 Å². The van der Waals surface area contributed by atoms with Crippen LogP contribution in [0.2, 0.25) is 0 Å². The van der Waals surface area contributed by atoms with E-state index in [1.54, 1.807) is 10.6 Å². The van der Waals surface area contributed by atoms with E-state index in [1.807, 2.05) is 0 Å². The molecule has 4 atom stereocenters. The van der Waals surface area contributed by atoms with Gasteiger partial charge in [-0.05, 0) is 110 Å². The average Bonchev–Trinajstić information content (AvgIpc) is 3.37. The molecule has 1 aromatic carbocycles. The Kier molecular flexibility index (Phi) is 20.7. The van der Waals surface area contributed by atoms with Gasteiger partial charge in [-0.15, -0.1) is 0 Å². The Morgan fingerprint density at radius 1 is 0.476 bits per heavy atom. The Morgan fingerprint density at radius 3 is 0.857 bits per heavy atom. The van der Waals surface area contributed by atoms with E-state index in [0.29, 0.717) is 0 Å². The number of benzene rings is 1. The fourth-order valence-electron chi connectivity index (χ4n) is 5.95. The summed E-state index contributed by atoms with van der Waals surface area (Å²) in [5.41, 5.74) is 3.74. The first-order chi connectivity index (χ1) is 19.6. The molecule has 0 saturated carbocycles. The Labute approximate surface area is 269 Å². The van der Waals surface area contributed by atoms with E-state index < -0.39 is 7.25 Å². The molecule has 5 rings (SSSR count). The molecule has 2 saturated heterocycles. The van der Waals surface area contributed by atoms with Gasteiger partial charge in [0, 0.05) is 19.5 Å². The van der Waals surface area contributed by atoms with Crippen LogP contribution in [0.1, 0.15) is 105 Å². The molecule has 8 heteroatoms. The monoisotopic (exact) mass is 712 g/mol. The van der Waals surface area contributed by atoms with E-state index >= 15 is 0 Å². The van der Waals surface area contributed by atoms with Crippen LogP contribution >= 0.6 is 15.8 Å². The van der Waals surface area contributed by atoms with Crippen LogP contribution in [0.4, 0.5) is 17.3 Å². The molecule has 239 valence electrons. The van der Waals surface area contributed by atoms with Gasteiger partial charge in [-0.25, -0.2) is 0 Å². The van der Waals surface area contributed by atoms with Gasteiger partial charge in [0.1, 0.15) is 0 Å². The summed E-state index contributed by atoms with van der Waals surface area (Å²) in [6.07, 6.45) is 33.8. The molecular weight excluding hydrogens is 660 g/mol. The van der Waals surface area contributed by atoms with E-state index in [4.69, 9.17) is 0 Å². The van der Waals surface area contributed by atoms with Crippen LogP contribution < -0.4 is 10.6 Å². The second-order valence-electron chi connectivity index (χ2n) is 11.5. The van der Waals surface area contributed by atoms with Crippen molar-refractivity contribution in [3.8, 4) is 0 Å². The van der Waals surface area contributed by atoms with Gasteiger partial charge in [-0.2, -0.15) is 0 Å². The van der Waals surface area contributed by atoms with Crippen molar-refractivity contribution in [1.82, 2.24) is 0 Å². The number of hydrogen-bond acceptors (Lipinski definition) is 0. The molecule has 0 nitrogen and oxygen atoms in total. The van der Waals surface area contributed by atoms with Crippen LogP contribution in [-0.4, -0.2) is 29.9 Å². The number of allylic oxidation sites excluding steroid dienone is 8. The first-order valence-electron chi connectivity index (χ1n) is 15.7. The van der Waals surface area contributed by atoms with Crippen molar-refractivity contribution in [3.05, 3.63) is 72.9 Å². The zero-order valence-corrected chi connectivity index (χ0v) is 29.5. The first-order valence-corrected chi connectivity index (χ1v) is 18.7. The molecule has 2 heterocycles. The maximum atomic E-state index is 9.75. The third-order valence-corrected chi connectivity index (χ3v) is 14.9. The summed E-state index contributed by atoms with van der Waals surface area (Å²) < 4.78 is 39.0. The number of halogens is 4. The summed E-state index contributed by atoms with van der Waals surface area (Å²) in [6.45, 7) is 10.0. The standard InChI is InChI=1S/C18H28P2.2C8H12.BF4.Rh/c1-13-9-10-14(2)19(13)17-7-5-6-8-18(17)20-15(3)11-12-16(20)4;2*1-2-4-6-8-7-5-3-1;2-1(3,4)5;/h5-8,13-16H,9-12H2,1-4H3;2*1-2,7-8H,3-6H2;;/q;;;-1;/b;2*2-1-,8-7-;;/t13-,14-,15-,16-;;;;/m0..../s1. The van der Waals surface area contributed by atoms with E-state index in [2.05, 4.69) is 101 Å². The Balaban J connectivity index is 0.000000332. The molecular formula is C34H52BF4P2Rh-. The molecule has 0 amide bonds. The van der Waals surface area contributed by atoms with Gasteiger partial charge < -0.3 is 17.3 Å². The van der Waals surface area contributed by atoms with Gasteiger partial charge in [0.15, 0.2) is 0 Å². The minimum absolute atomic E-state index is 0. The van der Waals surface area contributed by atoms with Crippen molar-refractivity contribution in [1.29, 1.82) is 0 Å². The number of rotatable bonds is 2. The Bertz CT molecular complexity index is 830. The van der Waals surface area contributed by atoms with Gasteiger partial charge in [0.25, 0.3) is 0 Å². The molecule has 0 unspecified atom stereocenters. The molecule has 0 N–H and O–H groups in total. The van der Waals surface area contributed by atoms with Crippen LogP contribution in [0.15, 0.2) is 72.9 Å². The minimum Gasteiger partial charge on any atom is -0.418 e. The van der Waals surface area contributed by atoms with Crippen LogP contribution in [-0.2, 0) is 19.5 Å². The molecule has 2 aliphatic carbocycles. The van der Waals surface area contributed by atoms with Gasteiger partial charge in [-0.1, -0.05) is 116 Å². The second-order valence-corrected chi connectivity index (χ2v) is 17.7. The maximum Gasteiger partial charge on any atom is 0.673 e. The molecule has 0 spiro atoms. The SMILES string of the molecule is C1=C\CC/C=C\CC/1.C1=C\CC/C=C\CC/1.C[C@H]1CC[C@H](C)P1c1ccccc1P1[C@@H](C)CC[C@@H]1C.F[B-](F)(F)F.[Rh]. The third-order valence-electron chi connectivity index (χ3n) is 8.01. The van der Waals surface area contributed by atoms with Crippen LogP contribution in [0, 0.1) is 0 Å². The summed E-state index contributed by atoms with van der Waals surface area (Å²) in [6, 6.07) is 9.55. The summed E-state index contributed by atoms with van der Waals surface area (Å²) in [5, 5.41) is 3.57. The zero-order valence-electron chi connectivity index (χ0n) is 26.0. The summed E-state index contributed by atoms with van der Waals surface area (Å²) in [5.74, 6) is 0. The van der Waals surface area contributed by atoms with Crippen molar-refractivity contribution in [2.75, 3.05) is 0 Å². The minimum atomic E-state index is -6.00. The van der Waals surface area contributed by atoms with Crippen molar-refractivity contribution in [3.63, 3.8) is 0 Å². The van der Waals surface area contributed by atoms with Gasteiger partial charge >= 0.3 is 7.25 Å². The molecule has 42 heavy (non-hydrogen) atoms.